The summed E-state index contributed by atoms with van der Waals surface area (Å²) in [6.07, 6.45) is 0. The molecular formula is C17H22FNOS. The first-order chi connectivity index (χ1) is 9.82. The Bertz CT molecular complexity index is 571. The average molecular weight is 307 g/mol. The highest BCUT2D eigenvalue weighted by molar-refractivity contribution is 7.11. The molecule has 1 heterocycles. The van der Waals surface area contributed by atoms with E-state index in [1.165, 1.54) is 21.9 Å². The molecule has 1 aromatic heterocycles. The standard InChI is InChI=1S/C17H22FNOS/c1-13-4-9-16(21-13)11-19(12-17(2,3)20)10-14-5-7-15(18)8-6-14/h4-9,20H,10-12H2,1-3H3. The fraction of sp³-hybridized carbons (Fsp3) is 0.412. The molecule has 0 spiro atoms. The number of rotatable bonds is 6. The number of halogens is 1. The van der Waals surface area contributed by atoms with Crippen LogP contribution in [0.25, 0.3) is 0 Å². The van der Waals surface area contributed by atoms with Crippen LogP contribution in [0.15, 0.2) is 36.4 Å². The number of hydrogen-bond donors (Lipinski definition) is 1. The van der Waals surface area contributed by atoms with Crippen molar-refractivity contribution < 1.29 is 9.50 Å². The van der Waals surface area contributed by atoms with Crippen LogP contribution in [0.1, 0.15) is 29.2 Å². The van der Waals surface area contributed by atoms with Crippen molar-refractivity contribution in [1.29, 1.82) is 0 Å². The molecule has 1 N–H and O–H groups in total. The molecule has 0 radical (unpaired) electrons. The highest BCUT2D eigenvalue weighted by atomic mass is 32.1. The molecule has 2 rings (SSSR count). The predicted octanol–water partition coefficient (Wildman–Crippen LogP) is 3.97. The lowest BCUT2D eigenvalue weighted by molar-refractivity contribution is 0.0310. The summed E-state index contributed by atoms with van der Waals surface area (Å²) in [7, 11) is 0. The Kier molecular flexibility index (Phi) is 5.14. The van der Waals surface area contributed by atoms with Gasteiger partial charge in [-0.25, -0.2) is 4.39 Å². The third-order valence-electron chi connectivity index (χ3n) is 3.11. The van der Waals surface area contributed by atoms with Gasteiger partial charge in [0, 0.05) is 29.4 Å². The molecule has 2 nitrogen and oxygen atoms in total. The number of aryl methyl sites for hydroxylation is 1. The molecule has 0 unspecified atom stereocenters. The number of nitrogens with zero attached hydrogens (tertiary/aromatic N) is 1. The Hall–Kier alpha value is -1.23. The topological polar surface area (TPSA) is 23.5 Å². The Morgan fingerprint density at radius 2 is 1.76 bits per heavy atom. The maximum absolute atomic E-state index is 13.0. The van der Waals surface area contributed by atoms with Gasteiger partial charge >= 0.3 is 0 Å². The van der Waals surface area contributed by atoms with E-state index in [1.807, 2.05) is 13.8 Å². The Balaban J connectivity index is 2.09. The minimum atomic E-state index is -0.758. The van der Waals surface area contributed by atoms with Gasteiger partial charge in [0.1, 0.15) is 5.82 Å². The highest BCUT2D eigenvalue weighted by Crippen LogP contribution is 2.20. The van der Waals surface area contributed by atoms with Crippen molar-refractivity contribution in [3.05, 3.63) is 57.5 Å². The number of thiophene rings is 1. The van der Waals surface area contributed by atoms with Crippen LogP contribution in [0.3, 0.4) is 0 Å². The molecule has 1 aromatic carbocycles. The molecule has 21 heavy (non-hydrogen) atoms. The zero-order chi connectivity index (χ0) is 15.5. The second-order valence-corrected chi connectivity index (χ2v) is 7.47. The minimum Gasteiger partial charge on any atom is -0.389 e. The van der Waals surface area contributed by atoms with Crippen LogP contribution in [0, 0.1) is 12.7 Å². The summed E-state index contributed by atoms with van der Waals surface area (Å²) in [6.45, 7) is 7.77. The molecule has 0 bridgehead atoms. The molecular weight excluding hydrogens is 285 g/mol. The first-order valence-electron chi connectivity index (χ1n) is 7.06. The van der Waals surface area contributed by atoms with Crippen molar-refractivity contribution >= 4 is 11.3 Å². The summed E-state index contributed by atoms with van der Waals surface area (Å²) in [5.74, 6) is -0.221. The van der Waals surface area contributed by atoms with E-state index in [1.54, 1.807) is 23.5 Å². The van der Waals surface area contributed by atoms with Crippen LogP contribution in [0.5, 0.6) is 0 Å². The van der Waals surface area contributed by atoms with E-state index in [4.69, 9.17) is 0 Å². The van der Waals surface area contributed by atoms with Gasteiger partial charge in [-0.05, 0) is 50.6 Å². The highest BCUT2D eigenvalue weighted by Gasteiger charge is 2.19. The van der Waals surface area contributed by atoms with E-state index in [2.05, 4.69) is 24.0 Å². The Morgan fingerprint density at radius 3 is 2.29 bits per heavy atom. The third-order valence-corrected chi connectivity index (χ3v) is 4.09. The second-order valence-electron chi connectivity index (χ2n) is 6.10. The van der Waals surface area contributed by atoms with Crippen LogP contribution >= 0.6 is 11.3 Å². The fourth-order valence-electron chi connectivity index (χ4n) is 2.35. The normalized spacial score (nSPS) is 12.1. The molecule has 0 amide bonds. The van der Waals surface area contributed by atoms with Crippen molar-refractivity contribution in [3.8, 4) is 0 Å². The zero-order valence-corrected chi connectivity index (χ0v) is 13.6. The summed E-state index contributed by atoms with van der Waals surface area (Å²) >= 11 is 1.77. The van der Waals surface area contributed by atoms with Gasteiger partial charge in [0.25, 0.3) is 0 Å². The number of aliphatic hydroxyl groups is 1. The predicted molar refractivity (Wildman–Crippen MR) is 85.9 cm³/mol. The SMILES string of the molecule is Cc1ccc(CN(Cc2ccc(F)cc2)CC(C)(C)O)s1. The van der Waals surface area contributed by atoms with Crippen molar-refractivity contribution in [2.75, 3.05) is 6.54 Å². The van der Waals surface area contributed by atoms with E-state index in [-0.39, 0.29) is 5.82 Å². The third kappa shape index (κ3) is 5.58. The molecule has 0 saturated carbocycles. The van der Waals surface area contributed by atoms with Gasteiger partial charge in [-0.2, -0.15) is 0 Å². The zero-order valence-electron chi connectivity index (χ0n) is 12.8. The molecule has 0 saturated heterocycles. The lowest BCUT2D eigenvalue weighted by atomic mass is 10.1. The summed E-state index contributed by atoms with van der Waals surface area (Å²) in [4.78, 5) is 4.76. The quantitative estimate of drug-likeness (QED) is 0.873. The summed E-state index contributed by atoms with van der Waals surface area (Å²) in [5.41, 5.74) is 0.292. The summed E-state index contributed by atoms with van der Waals surface area (Å²) < 4.78 is 13.0. The molecule has 0 fully saturated rings. The fourth-order valence-corrected chi connectivity index (χ4v) is 3.29. The van der Waals surface area contributed by atoms with Gasteiger partial charge in [-0.15, -0.1) is 11.3 Å². The maximum Gasteiger partial charge on any atom is 0.123 e. The number of benzene rings is 1. The Morgan fingerprint density at radius 1 is 1.10 bits per heavy atom. The van der Waals surface area contributed by atoms with Gasteiger partial charge in [-0.1, -0.05) is 12.1 Å². The van der Waals surface area contributed by atoms with Crippen LogP contribution in [0.2, 0.25) is 0 Å². The minimum absolute atomic E-state index is 0.221. The van der Waals surface area contributed by atoms with Crippen LogP contribution in [0.4, 0.5) is 4.39 Å². The van der Waals surface area contributed by atoms with E-state index < -0.39 is 5.60 Å². The van der Waals surface area contributed by atoms with Gasteiger partial charge in [0.05, 0.1) is 5.60 Å². The lowest BCUT2D eigenvalue weighted by Crippen LogP contribution is -2.37. The number of hydrogen-bond acceptors (Lipinski definition) is 3. The van der Waals surface area contributed by atoms with E-state index in [9.17, 15) is 9.50 Å². The van der Waals surface area contributed by atoms with E-state index in [0.29, 0.717) is 13.1 Å². The van der Waals surface area contributed by atoms with Gasteiger partial charge in [-0.3, -0.25) is 4.90 Å². The first kappa shape index (κ1) is 16.1. The van der Waals surface area contributed by atoms with Crippen molar-refractivity contribution in [2.24, 2.45) is 0 Å². The summed E-state index contributed by atoms with van der Waals surface area (Å²) in [6, 6.07) is 10.8. The van der Waals surface area contributed by atoms with Gasteiger partial charge < -0.3 is 5.11 Å². The van der Waals surface area contributed by atoms with Crippen molar-refractivity contribution in [2.45, 2.75) is 39.5 Å². The lowest BCUT2D eigenvalue weighted by Gasteiger charge is -2.28. The molecule has 0 aliphatic rings. The molecule has 114 valence electrons. The van der Waals surface area contributed by atoms with Crippen molar-refractivity contribution in [1.82, 2.24) is 4.90 Å². The van der Waals surface area contributed by atoms with Crippen LogP contribution in [-0.4, -0.2) is 22.2 Å². The maximum atomic E-state index is 13.0. The molecule has 4 heteroatoms. The second kappa shape index (κ2) is 6.69. The van der Waals surface area contributed by atoms with Gasteiger partial charge in [0.15, 0.2) is 0 Å². The van der Waals surface area contributed by atoms with E-state index >= 15 is 0 Å². The average Bonchev–Trinajstić information content (AvgIpc) is 2.75. The van der Waals surface area contributed by atoms with E-state index in [0.717, 1.165) is 12.1 Å². The largest absolute Gasteiger partial charge is 0.389 e. The molecule has 0 atom stereocenters. The smallest absolute Gasteiger partial charge is 0.123 e. The van der Waals surface area contributed by atoms with Crippen molar-refractivity contribution in [3.63, 3.8) is 0 Å². The Labute approximate surface area is 129 Å². The molecule has 0 aliphatic carbocycles. The van der Waals surface area contributed by atoms with Gasteiger partial charge in [0.2, 0.25) is 0 Å². The van der Waals surface area contributed by atoms with Crippen LogP contribution in [-0.2, 0) is 13.1 Å². The summed E-state index contributed by atoms with van der Waals surface area (Å²) in [5, 5.41) is 10.1. The molecule has 0 aliphatic heterocycles. The monoisotopic (exact) mass is 307 g/mol. The molecule has 2 aromatic rings. The first-order valence-corrected chi connectivity index (χ1v) is 7.88. The van der Waals surface area contributed by atoms with Crippen LogP contribution < -0.4 is 0 Å².